The number of nitrogens with one attached hydrogen (secondary N) is 1. The summed E-state index contributed by atoms with van der Waals surface area (Å²) < 4.78 is 26.7. The second kappa shape index (κ2) is 8.33. The highest BCUT2D eigenvalue weighted by Crippen LogP contribution is 2.56. The Labute approximate surface area is 215 Å². The summed E-state index contributed by atoms with van der Waals surface area (Å²) in [6, 6.07) is 13.2. The van der Waals surface area contributed by atoms with Gasteiger partial charge < -0.3 is 20.2 Å². The number of hydrogen-bond acceptors (Lipinski definition) is 4. The van der Waals surface area contributed by atoms with Gasteiger partial charge in [-0.05, 0) is 41.3 Å². The van der Waals surface area contributed by atoms with Crippen molar-refractivity contribution >= 4 is 11.8 Å². The second-order valence-corrected chi connectivity index (χ2v) is 12.2. The lowest BCUT2D eigenvalue weighted by Crippen LogP contribution is -2.66. The van der Waals surface area contributed by atoms with Crippen molar-refractivity contribution in [2.45, 2.75) is 63.1 Å². The highest BCUT2D eigenvalue weighted by Gasteiger charge is 2.62. The highest BCUT2D eigenvalue weighted by molar-refractivity contribution is 6.00. The van der Waals surface area contributed by atoms with Gasteiger partial charge in [-0.1, -0.05) is 38.1 Å². The molecule has 4 aliphatic rings. The molecule has 2 amide bonds. The van der Waals surface area contributed by atoms with E-state index < -0.39 is 22.9 Å². The van der Waals surface area contributed by atoms with Crippen LogP contribution in [-0.4, -0.2) is 71.0 Å². The molecule has 1 aliphatic carbocycles. The number of nitrogens with zero attached hydrogens (tertiary/aromatic N) is 2. The Hall–Kier alpha value is -2.84. The number of fused-ring (bicyclic) bond motifs is 2. The van der Waals surface area contributed by atoms with Crippen molar-refractivity contribution in [3.8, 4) is 0 Å². The fourth-order valence-corrected chi connectivity index (χ4v) is 6.84. The van der Waals surface area contributed by atoms with Gasteiger partial charge in [-0.15, -0.1) is 0 Å². The Balaban J connectivity index is 1.14. The van der Waals surface area contributed by atoms with Crippen molar-refractivity contribution in [3.63, 3.8) is 0 Å². The number of benzene rings is 2. The fourth-order valence-electron chi connectivity index (χ4n) is 6.84. The molecule has 2 aromatic carbocycles. The highest BCUT2D eigenvalue weighted by atomic mass is 19.3. The topological polar surface area (TPSA) is 72.9 Å². The second-order valence-electron chi connectivity index (χ2n) is 12.2. The van der Waals surface area contributed by atoms with Crippen molar-refractivity contribution in [2.24, 2.45) is 5.41 Å². The zero-order chi connectivity index (χ0) is 26.2. The Morgan fingerprint density at radius 2 is 1.81 bits per heavy atom. The third-order valence-corrected chi connectivity index (χ3v) is 8.69. The Morgan fingerprint density at radius 3 is 2.51 bits per heavy atom. The third-order valence-electron chi connectivity index (χ3n) is 8.69. The maximum Gasteiger partial charge on any atom is 0.254 e. The van der Waals surface area contributed by atoms with E-state index >= 15 is 0 Å². The minimum absolute atomic E-state index is 0.136. The summed E-state index contributed by atoms with van der Waals surface area (Å²) in [5.74, 6) is -2.92. The van der Waals surface area contributed by atoms with Gasteiger partial charge in [-0.25, -0.2) is 8.78 Å². The Morgan fingerprint density at radius 1 is 1.11 bits per heavy atom. The maximum absolute atomic E-state index is 13.4. The molecule has 2 aromatic rings. The van der Waals surface area contributed by atoms with Crippen LogP contribution in [0.2, 0.25) is 0 Å². The van der Waals surface area contributed by atoms with E-state index in [0.717, 1.165) is 5.56 Å². The van der Waals surface area contributed by atoms with E-state index in [1.54, 1.807) is 28.0 Å². The van der Waals surface area contributed by atoms with Crippen molar-refractivity contribution in [2.75, 3.05) is 26.2 Å². The van der Waals surface area contributed by atoms with Gasteiger partial charge >= 0.3 is 0 Å². The van der Waals surface area contributed by atoms with Crippen LogP contribution < -0.4 is 5.32 Å². The number of likely N-dealkylation sites (tertiary alicyclic amines) is 1. The summed E-state index contributed by atoms with van der Waals surface area (Å²) >= 11 is 0. The third kappa shape index (κ3) is 4.24. The van der Waals surface area contributed by atoms with Gasteiger partial charge in [0, 0.05) is 73.6 Å². The summed E-state index contributed by atoms with van der Waals surface area (Å²) in [5, 5.41) is 14.5. The number of carbonyl (C=O) groups excluding carboxylic acids is 2. The van der Waals surface area contributed by atoms with Crippen LogP contribution >= 0.6 is 0 Å². The molecule has 2 atom stereocenters. The van der Waals surface area contributed by atoms with Crippen LogP contribution in [0, 0.1) is 5.41 Å². The summed E-state index contributed by atoms with van der Waals surface area (Å²) in [6.45, 7) is 6.16. The quantitative estimate of drug-likeness (QED) is 0.663. The van der Waals surface area contributed by atoms with E-state index in [-0.39, 0.29) is 37.2 Å². The molecule has 6 nitrogen and oxygen atoms in total. The van der Waals surface area contributed by atoms with Crippen molar-refractivity contribution in [1.29, 1.82) is 0 Å². The molecule has 3 heterocycles. The zero-order valence-corrected chi connectivity index (χ0v) is 21.3. The molecule has 0 unspecified atom stereocenters. The number of alkyl halides is 2. The molecule has 1 saturated heterocycles. The van der Waals surface area contributed by atoms with E-state index in [1.807, 2.05) is 26.0 Å². The van der Waals surface area contributed by atoms with Gasteiger partial charge in [0.05, 0.1) is 6.10 Å². The molecule has 0 radical (unpaired) electrons. The molecule has 2 fully saturated rings. The van der Waals surface area contributed by atoms with Gasteiger partial charge in [-0.3, -0.25) is 9.59 Å². The van der Waals surface area contributed by atoms with Crippen LogP contribution in [0.15, 0.2) is 42.5 Å². The Kier molecular flexibility index (Phi) is 5.52. The first-order chi connectivity index (χ1) is 17.5. The molecular weight excluding hydrogens is 476 g/mol. The average molecular weight is 510 g/mol. The molecule has 0 aromatic heterocycles. The minimum Gasteiger partial charge on any atom is -0.390 e. The van der Waals surface area contributed by atoms with Gasteiger partial charge in [0.1, 0.15) is 0 Å². The van der Waals surface area contributed by atoms with E-state index in [1.165, 1.54) is 11.1 Å². The lowest BCUT2D eigenvalue weighted by molar-refractivity contribution is -0.203. The molecule has 1 saturated carbocycles. The van der Waals surface area contributed by atoms with Gasteiger partial charge in [0.25, 0.3) is 11.8 Å². The first kappa shape index (κ1) is 24.5. The Bertz CT molecular complexity index is 1260. The summed E-state index contributed by atoms with van der Waals surface area (Å²) in [4.78, 5) is 29.8. The van der Waals surface area contributed by atoms with E-state index in [2.05, 4.69) is 17.4 Å². The summed E-state index contributed by atoms with van der Waals surface area (Å²) in [7, 11) is 0. The van der Waals surface area contributed by atoms with Crippen molar-refractivity contribution in [3.05, 3.63) is 70.3 Å². The number of aliphatic hydroxyl groups is 1. The number of aliphatic hydroxyl groups excluding tert-OH is 1. The first-order valence-electron chi connectivity index (χ1n) is 13.0. The van der Waals surface area contributed by atoms with Crippen LogP contribution in [0.3, 0.4) is 0 Å². The molecule has 196 valence electrons. The molecule has 37 heavy (non-hydrogen) atoms. The van der Waals surface area contributed by atoms with Gasteiger partial charge in [0.15, 0.2) is 0 Å². The number of rotatable bonds is 4. The van der Waals surface area contributed by atoms with Gasteiger partial charge in [0.2, 0.25) is 5.92 Å². The minimum atomic E-state index is -2.59. The molecule has 2 N–H and O–H groups in total. The first-order valence-corrected chi connectivity index (χ1v) is 13.0. The molecular formula is C29H33F2N3O3. The number of halogens is 2. The van der Waals surface area contributed by atoms with E-state index in [4.69, 9.17) is 0 Å². The van der Waals surface area contributed by atoms with Gasteiger partial charge in [-0.2, -0.15) is 0 Å². The van der Waals surface area contributed by atoms with Crippen LogP contribution in [0.25, 0.3) is 0 Å². The molecule has 6 rings (SSSR count). The lowest BCUT2D eigenvalue weighted by atomic mass is 9.61. The fraction of sp³-hybridized carbons (Fsp3) is 0.517. The summed E-state index contributed by atoms with van der Waals surface area (Å²) in [5.41, 5.74) is 3.46. The van der Waals surface area contributed by atoms with E-state index in [9.17, 15) is 23.5 Å². The van der Waals surface area contributed by atoms with Crippen LogP contribution in [0.4, 0.5) is 8.78 Å². The molecule has 1 spiro atoms. The number of amides is 2. The standard InChI is InChI=1S/C29H33F2N3O3/c1-27(2)15-33(12-24(35)23-10-18-5-3-4-6-20(18)11-32-23)26(37)21-8-7-19(9-22(21)27)25(36)34-16-28(17-34)13-29(30,31)14-28/h3-9,23-24,32,35H,10-17H2,1-2H3/t23-,24+/m0/s1. The predicted molar refractivity (Wildman–Crippen MR) is 135 cm³/mol. The number of hydrogen-bond donors (Lipinski definition) is 2. The smallest absolute Gasteiger partial charge is 0.254 e. The SMILES string of the molecule is CC1(C)CN(C[C@@H](O)[C@@H]2Cc3ccccc3CN2)C(=O)c2ccc(C(=O)N3CC4(C3)CC(F)(F)C4)cc21. The zero-order valence-electron chi connectivity index (χ0n) is 21.3. The monoisotopic (exact) mass is 509 g/mol. The average Bonchev–Trinajstić information content (AvgIpc) is 2.82. The van der Waals surface area contributed by atoms with Crippen molar-refractivity contribution < 1.29 is 23.5 Å². The normalized spacial score (nSPS) is 25.5. The van der Waals surface area contributed by atoms with Crippen LogP contribution in [0.1, 0.15) is 64.1 Å². The largest absolute Gasteiger partial charge is 0.390 e. The van der Waals surface area contributed by atoms with Crippen molar-refractivity contribution in [1.82, 2.24) is 15.1 Å². The van der Waals surface area contributed by atoms with Crippen LogP contribution in [0.5, 0.6) is 0 Å². The number of carbonyl (C=O) groups is 2. The van der Waals surface area contributed by atoms with Crippen LogP contribution in [-0.2, 0) is 18.4 Å². The van der Waals surface area contributed by atoms with E-state index in [0.29, 0.717) is 43.7 Å². The molecule has 8 heteroatoms. The molecule has 3 aliphatic heterocycles. The number of β-amino-alcohol motifs (C(OH)–C–C–N with tert-alkyl or cyclic N) is 1. The molecule has 0 bridgehead atoms. The predicted octanol–water partition coefficient (Wildman–Crippen LogP) is 3.37. The maximum atomic E-state index is 13.4. The lowest BCUT2D eigenvalue weighted by Gasteiger charge is -2.58. The summed E-state index contributed by atoms with van der Waals surface area (Å²) in [6.07, 6.45) is -0.284.